The van der Waals surface area contributed by atoms with E-state index >= 15 is 0 Å². The van der Waals surface area contributed by atoms with Gasteiger partial charge in [0, 0.05) is 42.8 Å². The summed E-state index contributed by atoms with van der Waals surface area (Å²) in [4.78, 5) is 11.1. The molecule has 1 aliphatic rings. The molecule has 0 bridgehead atoms. The summed E-state index contributed by atoms with van der Waals surface area (Å²) in [5, 5.41) is 0.413. The van der Waals surface area contributed by atoms with Crippen molar-refractivity contribution < 1.29 is 13.2 Å². The van der Waals surface area contributed by atoms with Gasteiger partial charge in [-0.15, -0.1) is 0 Å². The van der Waals surface area contributed by atoms with E-state index in [1.54, 1.807) is 25.4 Å². The van der Waals surface area contributed by atoms with E-state index in [0.717, 1.165) is 22.8 Å². The number of nitrogens with zero attached hydrogens (tertiary/aromatic N) is 4. The summed E-state index contributed by atoms with van der Waals surface area (Å²) in [5.41, 5.74) is 2.46. The highest BCUT2D eigenvalue weighted by Gasteiger charge is 2.30. The van der Waals surface area contributed by atoms with Gasteiger partial charge >= 0.3 is 0 Å². The summed E-state index contributed by atoms with van der Waals surface area (Å²) in [6.07, 6.45) is 1.54. The minimum absolute atomic E-state index is 0.262. The molecule has 1 aromatic heterocycles. The van der Waals surface area contributed by atoms with Gasteiger partial charge in [0.1, 0.15) is 17.9 Å². The fourth-order valence-electron chi connectivity index (χ4n) is 3.71. The number of aromatic nitrogens is 2. The van der Waals surface area contributed by atoms with Crippen LogP contribution in [0.1, 0.15) is 12.5 Å². The topological polar surface area (TPSA) is 75.6 Å². The number of aryl methyl sites for hydroxylation is 1. The van der Waals surface area contributed by atoms with E-state index in [9.17, 15) is 8.42 Å². The maximum absolute atomic E-state index is 13.1. The number of rotatable bonds is 6. The number of ether oxygens (including phenoxy) is 1. The van der Waals surface area contributed by atoms with Crippen molar-refractivity contribution in [1.82, 2.24) is 14.3 Å². The van der Waals surface area contributed by atoms with Gasteiger partial charge in [-0.1, -0.05) is 17.7 Å². The SMILES string of the molecule is CCOc1ccc(-c2cc(N3CCN(S(=O)(=O)c4cc(Cl)ccc4C)CC3)ncn2)cc1. The number of hydrogen-bond donors (Lipinski definition) is 0. The smallest absolute Gasteiger partial charge is 0.243 e. The van der Waals surface area contributed by atoms with Crippen LogP contribution in [0.25, 0.3) is 11.3 Å². The molecule has 1 saturated heterocycles. The second kappa shape index (κ2) is 9.44. The Balaban J connectivity index is 1.48. The molecule has 0 N–H and O–H groups in total. The maximum atomic E-state index is 13.1. The fraction of sp³-hybridized carbons (Fsp3) is 0.304. The zero-order valence-electron chi connectivity index (χ0n) is 18.0. The number of halogens is 1. The Morgan fingerprint density at radius 3 is 2.41 bits per heavy atom. The van der Waals surface area contributed by atoms with Crippen molar-refractivity contribution in [2.45, 2.75) is 18.7 Å². The first-order valence-corrected chi connectivity index (χ1v) is 12.3. The maximum Gasteiger partial charge on any atom is 0.243 e. The van der Waals surface area contributed by atoms with Crippen LogP contribution in [-0.2, 0) is 10.0 Å². The monoisotopic (exact) mass is 472 g/mol. The highest BCUT2D eigenvalue weighted by atomic mass is 35.5. The third-order valence-corrected chi connectivity index (χ3v) is 7.72. The lowest BCUT2D eigenvalue weighted by atomic mass is 10.1. The largest absolute Gasteiger partial charge is 0.494 e. The van der Waals surface area contributed by atoms with Gasteiger partial charge < -0.3 is 9.64 Å². The van der Waals surface area contributed by atoms with Crippen molar-refractivity contribution >= 4 is 27.4 Å². The van der Waals surface area contributed by atoms with Gasteiger partial charge in [-0.25, -0.2) is 18.4 Å². The van der Waals surface area contributed by atoms with Gasteiger partial charge in [0.15, 0.2) is 0 Å². The molecule has 0 unspecified atom stereocenters. The van der Waals surface area contributed by atoms with Crippen LogP contribution in [0, 0.1) is 6.92 Å². The van der Waals surface area contributed by atoms with Gasteiger partial charge in [-0.2, -0.15) is 4.31 Å². The van der Waals surface area contributed by atoms with Crippen molar-refractivity contribution in [3.8, 4) is 17.0 Å². The van der Waals surface area contributed by atoms with Gasteiger partial charge in [-0.05, 0) is 55.8 Å². The summed E-state index contributed by atoms with van der Waals surface area (Å²) >= 11 is 6.04. The van der Waals surface area contributed by atoms with Crippen molar-refractivity contribution in [1.29, 1.82) is 0 Å². The molecule has 1 aliphatic heterocycles. The van der Waals surface area contributed by atoms with Crippen LogP contribution in [-0.4, -0.2) is 55.5 Å². The summed E-state index contributed by atoms with van der Waals surface area (Å²) in [6.45, 7) is 6.18. The molecule has 32 heavy (non-hydrogen) atoms. The van der Waals surface area contributed by atoms with Crippen molar-refractivity contribution in [3.05, 3.63) is 65.4 Å². The van der Waals surface area contributed by atoms with E-state index in [0.29, 0.717) is 43.4 Å². The molecular formula is C23H25ClN4O3S. The van der Waals surface area contributed by atoms with Crippen molar-refractivity contribution in [2.24, 2.45) is 0 Å². The first-order chi connectivity index (χ1) is 15.4. The normalized spacial score (nSPS) is 15.0. The fourth-order valence-corrected chi connectivity index (χ4v) is 5.62. The Morgan fingerprint density at radius 1 is 1.00 bits per heavy atom. The second-order valence-corrected chi connectivity index (χ2v) is 9.86. The molecular weight excluding hydrogens is 448 g/mol. The Hall–Kier alpha value is -2.68. The third-order valence-electron chi connectivity index (χ3n) is 5.44. The average molecular weight is 473 g/mol. The number of anilines is 1. The van der Waals surface area contributed by atoms with Crippen LogP contribution in [0.4, 0.5) is 5.82 Å². The molecule has 0 amide bonds. The minimum Gasteiger partial charge on any atom is -0.494 e. The first-order valence-electron chi connectivity index (χ1n) is 10.4. The molecule has 0 radical (unpaired) electrons. The number of benzene rings is 2. The Labute approximate surface area is 193 Å². The number of piperazine rings is 1. The van der Waals surface area contributed by atoms with E-state index in [2.05, 4.69) is 14.9 Å². The van der Waals surface area contributed by atoms with E-state index in [1.807, 2.05) is 37.3 Å². The second-order valence-electron chi connectivity index (χ2n) is 7.52. The average Bonchev–Trinajstić information content (AvgIpc) is 2.81. The lowest BCUT2D eigenvalue weighted by molar-refractivity contribution is 0.340. The highest BCUT2D eigenvalue weighted by molar-refractivity contribution is 7.89. The predicted octanol–water partition coefficient (Wildman–Crippen LogP) is 4.02. The van der Waals surface area contributed by atoms with Crippen molar-refractivity contribution in [2.75, 3.05) is 37.7 Å². The molecule has 0 atom stereocenters. The molecule has 2 aromatic carbocycles. The molecule has 4 rings (SSSR count). The van der Waals surface area contributed by atoms with Gasteiger partial charge in [0.25, 0.3) is 0 Å². The molecule has 0 spiro atoms. The summed E-state index contributed by atoms with van der Waals surface area (Å²) < 4.78 is 33.3. The van der Waals surface area contributed by atoms with Gasteiger partial charge in [0.05, 0.1) is 17.2 Å². The standard InChI is InChI=1S/C23H25ClN4O3S/c1-3-31-20-8-5-18(6-9-20)21-15-23(26-16-25-21)27-10-12-28(13-11-27)32(29,30)22-14-19(24)7-4-17(22)2/h4-9,14-16H,3,10-13H2,1-2H3. The van der Waals surface area contributed by atoms with E-state index in [-0.39, 0.29) is 4.90 Å². The molecule has 3 aromatic rings. The van der Waals surface area contributed by atoms with Crippen LogP contribution >= 0.6 is 11.6 Å². The van der Waals surface area contributed by atoms with Crippen molar-refractivity contribution in [3.63, 3.8) is 0 Å². The van der Waals surface area contributed by atoms with Crippen LogP contribution in [0.15, 0.2) is 59.8 Å². The highest BCUT2D eigenvalue weighted by Crippen LogP contribution is 2.27. The van der Waals surface area contributed by atoms with E-state index in [1.165, 1.54) is 10.4 Å². The van der Waals surface area contributed by atoms with Crippen LogP contribution in [0.2, 0.25) is 5.02 Å². The molecule has 0 aliphatic carbocycles. The molecule has 1 fully saturated rings. The van der Waals surface area contributed by atoms with Crippen LogP contribution in [0.3, 0.4) is 0 Å². The summed E-state index contributed by atoms with van der Waals surface area (Å²) in [7, 11) is -3.60. The Kier molecular flexibility index (Phi) is 6.64. The van der Waals surface area contributed by atoms with E-state index < -0.39 is 10.0 Å². The zero-order valence-corrected chi connectivity index (χ0v) is 19.6. The molecule has 0 saturated carbocycles. The number of sulfonamides is 1. The Morgan fingerprint density at radius 2 is 1.72 bits per heavy atom. The quantitative estimate of drug-likeness (QED) is 0.539. The Bertz CT molecular complexity index is 1190. The lowest BCUT2D eigenvalue weighted by Crippen LogP contribution is -2.49. The van der Waals surface area contributed by atoms with Gasteiger partial charge in [0.2, 0.25) is 10.0 Å². The first kappa shape index (κ1) is 22.5. The lowest BCUT2D eigenvalue weighted by Gasteiger charge is -2.35. The van der Waals surface area contributed by atoms with Gasteiger partial charge in [-0.3, -0.25) is 0 Å². The third kappa shape index (κ3) is 4.72. The molecule has 9 heteroatoms. The van der Waals surface area contributed by atoms with E-state index in [4.69, 9.17) is 16.3 Å². The summed E-state index contributed by atoms with van der Waals surface area (Å²) in [5.74, 6) is 1.60. The molecule has 2 heterocycles. The number of hydrogen-bond acceptors (Lipinski definition) is 6. The zero-order chi connectivity index (χ0) is 22.7. The van der Waals surface area contributed by atoms with Crippen LogP contribution in [0.5, 0.6) is 5.75 Å². The predicted molar refractivity (Wildman–Crippen MR) is 126 cm³/mol. The van der Waals surface area contributed by atoms with Crippen LogP contribution < -0.4 is 9.64 Å². The summed E-state index contributed by atoms with van der Waals surface area (Å²) in [6, 6.07) is 14.7. The molecule has 168 valence electrons. The molecule has 7 nitrogen and oxygen atoms in total. The minimum atomic E-state index is -3.60.